The maximum atomic E-state index is 12.8. The van der Waals surface area contributed by atoms with E-state index in [0.717, 1.165) is 31.6 Å². The topological polar surface area (TPSA) is 87.8 Å². The highest BCUT2D eigenvalue weighted by atomic mass is 32.2. The highest BCUT2D eigenvalue weighted by molar-refractivity contribution is 8.18. The zero-order chi connectivity index (χ0) is 28.6. The number of nitro groups is 1. The van der Waals surface area contributed by atoms with Crippen LogP contribution in [0.1, 0.15) is 52.5 Å². The average molecular weight is 573 g/mol. The second-order valence-electron chi connectivity index (χ2n) is 10.8. The summed E-state index contributed by atoms with van der Waals surface area (Å²) in [5.74, 6) is 0.315. The molecular formula is C34H28N4O3S. The van der Waals surface area contributed by atoms with Gasteiger partial charge in [0.25, 0.3) is 11.6 Å². The van der Waals surface area contributed by atoms with E-state index in [1.165, 1.54) is 51.8 Å². The van der Waals surface area contributed by atoms with Gasteiger partial charge in [0, 0.05) is 42.7 Å². The molecule has 1 fully saturated rings. The molecule has 4 aromatic carbocycles. The molecule has 3 heterocycles. The van der Waals surface area contributed by atoms with Crippen LogP contribution in [0.3, 0.4) is 0 Å². The third-order valence-corrected chi connectivity index (χ3v) is 9.19. The fourth-order valence-corrected chi connectivity index (χ4v) is 7.19. The average Bonchev–Trinajstić information content (AvgIpc) is 3.36. The first-order chi connectivity index (χ1) is 20.5. The van der Waals surface area contributed by atoms with Crippen LogP contribution >= 0.6 is 11.8 Å². The molecule has 2 atom stereocenters. The van der Waals surface area contributed by atoms with E-state index in [2.05, 4.69) is 83.0 Å². The third-order valence-electron chi connectivity index (χ3n) is 8.28. The summed E-state index contributed by atoms with van der Waals surface area (Å²) in [6.07, 6.45) is 3.82. The highest BCUT2D eigenvalue weighted by Crippen LogP contribution is 2.50. The highest BCUT2D eigenvalue weighted by Gasteiger charge is 2.35. The number of rotatable bonds is 5. The molecule has 0 unspecified atom stereocenters. The second-order valence-corrected chi connectivity index (χ2v) is 11.8. The van der Waals surface area contributed by atoms with E-state index in [0.29, 0.717) is 15.6 Å². The van der Waals surface area contributed by atoms with Gasteiger partial charge in [-0.05, 0) is 82.8 Å². The number of benzene rings is 4. The normalized spacial score (nSPS) is 21.3. The van der Waals surface area contributed by atoms with Gasteiger partial charge in [0.2, 0.25) is 0 Å². The largest absolute Gasteiger partial charge is 0.371 e. The Morgan fingerprint density at radius 1 is 0.857 bits per heavy atom. The molecule has 0 radical (unpaired) electrons. The van der Waals surface area contributed by atoms with Crippen LogP contribution in [-0.2, 0) is 4.79 Å². The fraction of sp³-hybridized carbons (Fsp3) is 0.176. The molecule has 7 rings (SSSR count). The van der Waals surface area contributed by atoms with Crippen LogP contribution in [0, 0.1) is 10.1 Å². The summed E-state index contributed by atoms with van der Waals surface area (Å²) in [7, 11) is 0. The van der Waals surface area contributed by atoms with Crippen molar-refractivity contribution in [3.05, 3.63) is 140 Å². The fourth-order valence-electron chi connectivity index (χ4n) is 6.35. The molecule has 1 amide bonds. The third kappa shape index (κ3) is 4.99. The van der Waals surface area contributed by atoms with Crippen LogP contribution in [0.4, 0.5) is 17.1 Å². The van der Waals surface area contributed by atoms with Gasteiger partial charge in [-0.2, -0.15) is 0 Å². The molecule has 3 aliphatic rings. The Hall–Kier alpha value is -4.69. The van der Waals surface area contributed by atoms with Crippen LogP contribution in [0.5, 0.6) is 0 Å². The number of carbonyl (C=O) groups is 1. The van der Waals surface area contributed by atoms with E-state index < -0.39 is 4.92 Å². The van der Waals surface area contributed by atoms with Gasteiger partial charge >= 0.3 is 0 Å². The Morgan fingerprint density at radius 2 is 1.43 bits per heavy atom. The minimum Gasteiger partial charge on any atom is -0.371 e. The van der Waals surface area contributed by atoms with Crippen molar-refractivity contribution in [3.63, 3.8) is 0 Å². The standard InChI is InChI=1S/C34H28N4O3S/c39-33-31(19-22-11-13-26(14-12-22)38(40)41)42-34(36-33)35-25-20-29-27(23-7-3-1-4-8-23)15-17-37-18-16-28(30(21-25)32(29)37)24-9-5-2-6-10-24/h1-14,19-21,27-28H,15-18H2,(H,35,36,39)/b31-19-/t27-,28-/m1/s1. The van der Waals surface area contributed by atoms with Crippen molar-refractivity contribution >= 4 is 46.0 Å². The number of amidine groups is 1. The number of thioether (sulfide) groups is 1. The summed E-state index contributed by atoms with van der Waals surface area (Å²) in [6, 6.07) is 32.0. The lowest BCUT2D eigenvalue weighted by molar-refractivity contribution is -0.384. The Balaban J connectivity index is 1.28. The van der Waals surface area contributed by atoms with Gasteiger partial charge in [0.1, 0.15) is 0 Å². The number of carbonyl (C=O) groups excluding carboxylic acids is 1. The van der Waals surface area contributed by atoms with Gasteiger partial charge in [0.15, 0.2) is 5.17 Å². The van der Waals surface area contributed by atoms with Crippen LogP contribution < -0.4 is 10.2 Å². The van der Waals surface area contributed by atoms with Crippen molar-refractivity contribution in [2.75, 3.05) is 18.0 Å². The number of aliphatic imine (C=N–C) groups is 1. The molecule has 0 aromatic heterocycles. The van der Waals surface area contributed by atoms with E-state index in [1.807, 2.05) is 0 Å². The summed E-state index contributed by atoms with van der Waals surface area (Å²) < 4.78 is 0. The molecule has 1 N–H and O–H groups in total. The predicted molar refractivity (Wildman–Crippen MR) is 168 cm³/mol. The second kappa shape index (κ2) is 10.9. The monoisotopic (exact) mass is 572 g/mol. The number of nitro benzene ring substituents is 1. The van der Waals surface area contributed by atoms with Gasteiger partial charge < -0.3 is 10.2 Å². The van der Waals surface area contributed by atoms with Gasteiger partial charge in [-0.15, -0.1) is 0 Å². The zero-order valence-corrected chi connectivity index (χ0v) is 23.6. The molecule has 0 bridgehead atoms. The Bertz CT molecular complexity index is 1660. The number of non-ortho nitro benzene ring substituents is 1. The minimum absolute atomic E-state index is 0.0143. The van der Waals surface area contributed by atoms with Crippen LogP contribution in [0.15, 0.2) is 107 Å². The Labute approximate surface area is 248 Å². The smallest absolute Gasteiger partial charge is 0.269 e. The SMILES string of the molecule is O=C1NC(=Nc2cc3c4c(c2)[C@@H](c2ccccc2)CCN4CC[C@@H]3c2ccccc2)S/C1=C\c1ccc([N+](=O)[O-])cc1. The molecule has 8 heteroatoms. The maximum absolute atomic E-state index is 12.8. The number of anilines is 1. The molecule has 0 saturated carbocycles. The quantitative estimate of drug-likeness (QED) is 0.153. The first-order valence-electron chi connectivity index (χ1n) is 14.1. The van der Waals surface area contributed by atoms with Crippen molar-refractivity contribution in [3.8, 4) is 0 Å². The first-order valence-corrected chi connectivity index (χ1v) is 14.9. The van der Waals surface area contributed by atoms with E-state index >= 15 is 0 Å². The van der Waals surface area contributed by atoms with E-state index in [1.54, 1.807) is 18.2 Å². The number of hydrogen-bond donors (Lipinski definition) is 1. The molecule has 3 aliphatic heterocycles. The van der Waals surface area contributed by atoms with Crippen molar-refractivity contribution in [1.29, 1.82) is 0 Å². The summed E-state index contributed by atoms with van der Waals surface area (Å²) in [5, 5.41) is 14.4. The molecule has 7 nitrogen and oxygen atoms in total. The number of nitrogens with one attached hydrogen (secondary N) is 1. The van der Waals surface area contributed by atoms with Gasteiger partial charge in [-0.3, -0.25) is 14.9 Å². The van der Waals surface area contributed by atoms with Gasteiger partial charge in [-0.1, -0.05) is 60.7 Å². The van der Waals surface area contributed by atoms with Gasteiger partial charge in [-0.25, -0.2) is 4.99 Å². The lowest BCUT2D eigenvalue weighted by atomic mass is 9.76. The lowest BCUT2D eigenvalue weighted by Crippen LogP contribution is -2.37. The minimum atomic E-state index is -0.436. The number of nitrogens with zero attached hydrogens (tertiary/aromatic N) is 3. The summed E-state index contributed by atoms with van der Waals surface area (Å²) in [6.45, 7) is 2.05. The van der Waals surface area contributed by atoms with E-state index in [9.17, 15) is 14.9 Å². The maximum Gasteiger partial charge on any atom is 0.269 e. The van der Waals surface area contributed by atoms with Crippen LogP contribution in [-0.4, -0.2) is 29.1 Å². The summed E-state index contributed by atoms with van der Waals surface area (Å²) in [4.78, 5) is 31.4. The molecule has 4 aromatic rings. The number of hydrogen-bond acceptors (Lipinski definition) is 6. The molecule has 208 valence electrons. The van der Waals surface area contributed by atoms with Crippen LogP contribution in [0.2, 0.25) is 0 Å². The van der Waals surface area contributed by atoms with Gasteiger partial charge in [0.05, 0.1) is 15.5 Å². The Kier molecular flexibility index (Phi) is 6.83. The van der Waals surface area contributed by atoms with Crippen molar-refractivity contribution in [1.82, 2.24) is 5.32 Å². The lowest BCUT2D eigenvalue weighted by Gasteiger charge is -2.43. The molecule has 0 spiro atoms. The Morgan fingerprint density at radius 3 is 1.98 bits per heavy atom. The van der Waals surface area contributed by atoms with Crippen molar-refractivity contribution < 1.29 is 9.72 Å². The molecular weight excluding hydrogens is 544 g/mol. The summed E-state index contributed by atoms with van der Waals surface area (Å²) >= 11 is 1.28. The molecule has 1 saturated heterocycles. The van der Waals surface area contributed by atoms with Crippen LogP contribution in [0.25, 0.3) is 6.08 Å². The molecule has 42 heavy (non-hydrogen) atoms. The van der Waals surface area contributed by atoms with E-state index in [4.69, 9.17) is 4.99 Å². The van der Waals surface area contributed by atoms with E-state index in [-0.39, 0.29) is 23.4 Å². The van der Waals surface area contributed by atoms with Crippen molar-refractivity contribution in [2.24, 2.45) is 4.99 Å². The zero-order valence-electron chi connectivity index (χ0n) is 22.8. The number of amides is 1. The summed E-state index contributed by atoms with van der Waals surface area (Å²) in [5.41, 5.74) is 8.09. The molecule has 0 aliphatic carbocycles. The first kappa shape index (κ1) is 26.2. The van der Waals surface area contributed by atoms with Crippen molar-refractivity contribution in [2.45, 2.75) is 24.7 Å². The predicted octanol–water partition coefficient (Wildman–Crippen LogP) is 7.36.